The average molecular weight is 294 g/mol. The van der Waals surface area contributed by atoms with Gasteiger partial charge in [0.2, 0.25) is 0 Å². The van der Waals surface area contributed by atoms with Gasteiger partial charge in [-0.1, -0.05) is 6.92 Å². The van der Waals surface area contributed by atoms with Crippen molar-refractivity contribution in [2.24, 2.45) is 11.7 Å². The monoisotopic (exact) mass is 294 g/mol. The average Bonchev–Trinajstić information content (AvgIpc) is 2.93. The van der Waals surface area contributed by atoms with Crippen LogP contribution in [-0.4, -0.2) is 45.9 Å². The number of hydrogen-bond donors (Lipinski definition) is 1. The van der Waals surface area contributed by atoms with Crippen LogP contribution in [0.1, 0.15) is 24.9 Å². The lowest BCUT2D eigenvalue weighted by atomic mass is 10.0. The van der Waals surface area contributed by atoms with E-state index in [1.807, 2.05) is 12.1 Å². The summed E-state index contributed by atoms with van der Waals surface area (Å²) >= 11 is 0. The van der Waals surface area contributed by atoms with Crippen LogP contribution in [0.15, 0.2) is 12.1 Å². The zero-order chi connectivity index (χ0) is 15.4. The summed E-state index contributed by atoms with van der Waals surface area (Å²) in [5.74, 6) is 2.88. The summed E-state index contributed by atoms with van der Waals surface area (Å²) in [6, 6.07) is 4.00. The van der Waals surface area contributed by atoms with Crippen LogP contribution in [0, 0.1) is 5.92 Å². The van der Waals surface area contributed by atoms with Gasteiger partial charge in [-0.15, -0.1) is 0 Å². The molecule has 1 heterocycles. The maximum absolute atomic E-state index is 6.05. The first-order valence-electron chi connectivity index (χ1n) is 7.38. The van der Waals surface area contributed by atoms with E-state index < -0.39 is 0 Å². The number of rotatable bonds is 6. The van der Waals surface area contributed by atoms with Crippen LogP contribution in [0.3, 0.4) is 0 Å². The fourth-order valence-corrected chi connectivity index (χ4v) is 3.04. The molecule has 118 valence electrons. The van der Waals surface area contributed by atoms with Crippen LogP contribution < -0.4 is 19.9 Å². The Morgan fingerprint density at radius 2 is 1.76 bits per heavy atom. The summed E-state index contributed by atoms with van der Waals surface area (Å²) in [7, 11) is 4.94. The van der Waals surface area contributed by atoms with Gasteiger partial charge in [0.05, 0.1) is 27.4 Å². The van der Waals surface area contributed by atoms with Gasteiger partial charge in [0, 0.05) is 24.7 Å². The third-order valence-corrected chi connectivity index (χ3v) is 4.21. The van der Waals surface area contributed by atoms with E-state index >= 15 is 0 Å². The van der Waals surface area contributed by atoms with Crippen LogP contribution in [0.4, 0.5) is 0 Å². The molecule has 1 aromatic rings. The van der Waals surface area contributed by atoms with Crippen molar-refractivity contribution < 1.29 is 14.2 Å². The predicted molar refractivity (Wildman–Crippen MR) is 83.2 cm³/mol. The quantitative estimate of drug-likeness (QED) is 0.870. The number of benzene rings is 1. The van der Waals surface area contributed by atoms with Gasteiger partial charge >= 0.3 is 0 Å². The summed E-state index contributed by atoms with van der Waals surface area (Å²) < 4.78 is 16.3. The fourth-order valence-electron chi connectivity index (χ4n) is 3.04. The van der Waals surface area contributed by atoms with E-state index in [-0.39, 0.29) is 6.04 Å². The molecule has 2 rings (SSSR count). The molecule has 2 N–H and O–H groups in total. The van der Waals surface area contributed by atoms with E-state index in [4.69, 9.17) is 19.9 Å². The smallest absolute Gasteiger partial charge is 0.164 e. The molecule has 0 aliphatic carbocycles. The van der Waals surface area contributed by atoms with Gasteiger partial charge in [-0.25, -0.2) is 0 Å². The molecule has 1 fully saturated rings. The van der Waals surface area contributed by atoms with E-state index in [9.17, 15) is 0 Å². The highest BCUT2D eigenvalue weighted by Crippen LogP contribution is 2.40. The molecule has 2 unspecified atom stereocenters. The lowest BCUT2D eigenvalue weighted by Gasteiger charge is -2.29. The lowest BCUT2D eigenvalue weighted by Crippen LogP contribution is -2.32. The SMILES string of the molecule is COc1cc(OC)c(C(CN)N2CCC(C)C2)cc1OC. The molecule has 0 bridgehead atoms. The molecule has 0 spiro atoms. The first-order valence-corrected chi connectivity index (χ1v) is 7.38. The standard InChI is InChI=1S/C16H26N2O3/c1-11-5-6-18(10-11)13(9-17)12-7-15(20-3)16(21-4)8-14(12)19-2/h7-8,11,13H,5-6,9-10,17H2,1-4H3. The number of hydrogen-bond acceptors (Lipinski definition) is 5. The van der Waals surface area contributed by atoms with Crippen LogP contribution in [0.5, 0.6) is 17.2 Å². The second-order valence-electron chi connectivity index (χ2n) is 5.59. The number of ether oxygens (including phenoxy) is 3. The Balaban J connectivity index is 2.39. The van der Waals surface area contributed by atoms with Crippen LogP contribution in [0.2, 0.25) is 0 Å². The van der Waals surface area contributed by atoms with Gasteiger partial charge in [0.15, 0.2) is 11.5 Å². The van der Waals surface area contributed by atoms with Gasteiger partial charge in [-0.2, -0.15) is 0 Å². The van der Waals surface area contributed by atoms with Crippen molar-refractivity contribution in [3.8, 4) is 17.2 Å². The first kappa shape index (κ1) is 15.9. The Bertz CT molecular complexity index is 479. The van der Waals surface area contributed by atoms with Crippen molar-refractivity contribution >= 4 is 0 Å². The zero-order valence-electron chi connectivity index (χ0n) is 13.4. The summed E-state index contributed by atoms with van der Waals surface area (Å²) in [6.45, 7) is 4.97. The molecule has 0 radical (unpaired) electrons. The third-order valence-electron chi connectivity index (χ3n) is 4.21. The minimum Gasteiger partial charge on any atom is -0.496 e. The highest BCUT2D eigenvalue weighted by atomic mass is 16.5. The Labute approximate surface area is 127 Å². The molecule has 1 aliphatic rings. The van der Waals surface area contributed by atoms with Crippen molar-refractivity contribution in [3.63, 3.8) is 0 Å². The van der Waals surface area contributed by atoms with Crippen LogP contribution in [0.25, 0.3) is 0 Å². The number of methoxy groups -OCH3 is 3. The molecule has 1 aliphatic heterocycles. The molecule has 5 nitrogen and oxygen atoms in total. The molecule has 0 aromatic heterocycles. The lowest BCUT2D eigenvalue weighted by molar-refractivity contribution is 0.236. The van der Waals surface area contributed by atoms with E-state index in [0.29, 0.717) is 24.0 Å². The minimum absolute atomic E-state index is 0.143. The summed E-state index contributed by atoms with van der Waals surface area (Å²) in [5, 5.41) is 0. The second-order valence-corrected chi connectivity index (χ2v) is 5.59. The highest BCUT2D eigenvalue weighted by Gasteiger charge is 2.29. The summed E-state index contributed by atoms with van der Waals surface area (Å²) in [5.41, 5.74) is 7.11. The van der Waals surface area contributed by atoms with E-state index in [1.165, 1.54) is 6.42 Å². The van der Waals surface area contributed by atoms with Crippen molar-refractivity contribution in [2.45, 2.75) is 19.4 Å². The van der Waals surface area contributed by atoms with Gasteiger partial charge < -0.3 is 19.9 Å². The molecule has 1 aromatic carbocycles. The van der Waals surface area contributed by atoms with Crippen molar-refractivity contribution in [1.82, 2.24) is 4.90 Å². The molecule has 0 amide bonds. The van der Waals surface area contributed by atoms with Crippen LogP contribution in [-0.2, 0) is 0 Å². The second kappa shape index (κ2) is 7.00. The Kier molecular flexibility index (Phi) is 5.31. The van der Waals surface area contributed by atoms with Crippen molar-refractivity contribution in [1.29, 1.82) is 0 Å². The molecule has 5 heteroatoms. The van der Waals surface area contributed by atoms with Gasteiger partial charge in [0.25, 0.3) is 0 Å². The van der Waals surface area contributed by atoms with Gasteiger partial charge in [0.1, 0.15) is 5.75 Å². The van der Waals surface area contributed by atoms with E-state index in [0.717, 1.165) is 24.4 Å². The summed E-state index contributed by atoms with van der Waals surface area (Å²) in [4.78, 5) is 2.43. The Hall–Kier alpha value is -1.46. The van der Waals surface area contributed by atoms with Crippen molar-refractivity contribution in [2.75, 3.05) is 41.0 Å². The minimum atomic E-state index is 0.143. The van der Waals surface area contributed by atoms with E-state index in [2.05, 4.69) is 11.8 Å². The fraction of sp³-hybridized carbons (Fsp3) is 0.625. The molecule has 21 heavy (non-hydrogen) atoms. The summed E-state index contributed by atoms with van der Waals surface area (Å²) in [6.07, 6.45) is 1.21. The first-order chi connectivity index (χ1) is 10.1. The number of nitrogens with zero attached hydrogens (tertiary/aromatic N) is 1. The highest BCUT2D eigenvalue weighted by molar-refractivity contribution is 5.52. The van der Waals surface area contributed by atoms with Gasteiger partial charge in [-0.3, -0.25) is 4.90 Å². The largest absolute Gasteiger partial charge is 0.496 e. The maximum Gasteiger partial charge on any atom is 0.164 e. The van der Waals surface area contributed by atoms with E-state index in [1.54, 1.807) is 21.3 Å². The molecular weight excluding hydrogens is 268 g/mol. The molecule has 1 saturated heterocycles. The topological polar surface area (TPSA) is 57.0 Å². The molecule has 0 saturated carbocycles. The zero-order valence-corrected chi connectivity index (χ0v) is 13.4. The maximum atomic E-state index is 6.05. The number of nitrogens with two attached hydrogens (primary N) is 1. The Morgan fingerprint density at radius 3 is 2.24 bits per heavy atom. The Morgan fingerprint density at radius 1 is 1.14 bits per heavy atom. The predicted octanol–water partition coefficient (Wildman–Crippen LogP) is 2.05. The third kappa shape index (κ3) is 3.24. The molecule has 2 atom stereocenters. The molecular formula is C16H26N2O3. The van der Waals surface area contributed by atoms with Crippen molar-refractivity contribution in [3.05, 3.63) is 17.7 Å². The normalized spacial score (nSPS) is 20.3. The van der Waals surface area contributed by atoms with Gasteiger partial charge in [-0.05, 0) is 24.9 Å². The number of likely N-dealkylation sites (tertiary alicyclic amines) is 1. The van der Waals surface area contributed by atoms with Crippen LogP contribution >= 0.6 is 0 Å².